The zero-order chi connectivity index (χ0) is 14.4. The monoisotopic (exact) mass is 270 g/mol. The third-order valence-corrected chi connectivity index (χ3v) is 2.99. The van der Waals surface area contributed by atoms with E-state index in [-0.39, 0.29) is 0 Å². The first-order valence-corrected chi connectivity index (χ1v) is 6.31. The Morgan fingerprint density at radius 3 is 2.20 bits per heavy atom. The van der Waals surface area contributed by atoms with E-state index in [9.17, 15) is 0 Å². The van der Waals surface area contributed by atoms with Gasteiger partial charge in [0.05, 0.1) is 21.3 Å². The van der Waals surface area contributed by atoms with Crippen molar-refractivity contribution in [2.45, 2.75) is 0 Å². The summed E-state index contributed by atoms with van der Waals surface area (Å²) in [4.78, 5) is 0. The molecule has 2 rings (SSSR count). The SMILES string of the molecule is COc1cccc(C=Cc2cc(OC)ccc2OC)c1. The van der Waals surface area contributed by atoms with Gasteiger partial charge in [-0.1, -0.05) is 24.3 Å². The lowest BCUT2D eigenvalue weighted by Gasteiger charge is -2.07. The highest BCUT2D eigenvalue weighted by Gasteiger charge is 2.01. The Morgan fingerprint density at radius 2 is 1.50 bits per heavy atom. The van der Waals surface area contributed by atoms with Crippen molar-refractivity contribution in [2.24, 2.45) is 0 Å². The molecule has 0 spiro atoms. The van der Waals surface area contributed by atoms with Crippen LogP contribution in [0.1, 0.15) is 11.1 Å². The van der Waals surface area contributed by atoms with Gasteiger partial charge in [0.1, 0.15) is 17.2 Å². The van der Waals surface area contributed by atoms with E-state index in [1.807, 2.05) is 54.6 Å². The van der Waals surface area contributed by atoms with Gasteiger partial charge in [-0.05, 0) is 35.9 Å². The van der Waals surface area contributed by atoms with Gasteiger partial charge in [0, 0.05) is 5.56 Å². The predicted octanol–water partition coefficient (Wildman–Crippen LogP) is 3.88. The molecule has 0 N–H and O–H groups in total. The van der Waals surface area contributed by atoms with E-state index in [1.165, 1.54) is 0 Å². The van der Waals surface area contributed by atoms with Crippen LogP contribution in [0.5, 0.6) is 17.2 Å². The molecule has 0 saturated carbocycles. The second kappa shape index (κ2) is 6.66. The first kappa shape index (κ1) is 14.0. The van der Waals surface area contributed by atoms with Crippen molar-refractivity contribution in [1.82, 2.24) is 0 Å². The van der Waals surface area contributed by atoms with Crippen LogP contribution in [-0.2, 0) is 0 Å². The molecule has 2 aromatic rings. The van der Waals surface area contributed by atoms with E-state index in [4.69, 9.17) is 14.2 Å². The second-order valence-electron chi connectivity index (χ2n) is 4.22. The standard InChI is InChI=1S/C17H18O3/c1-18-15-6-4-5-13(11-15)7-8-14-12-16(19-2)9-10-17(14)20-3/h4-12H,1-3H3. The molecule has 0 fully saturated rings. The van der Waals surface area contributed by atoms with Gasteiger partial charge in [-0.3, -0.25) is 0 Å². The predicted molar refractivity (Wildman–Crippen MR) is 81.5 cm³/mol. The molecular weight excluding hydrogens is 252 g/mol. The summed E-state index contributed by atoms with van der Waals surface area (Å²) < 4.78 is 15.8. The van der Waals surface area contributed by atoms with Crippen molar-refractivity contribution >= 4 is 12.2 Å². The summed E-state index contributed by atoms with van der Waals surface area (Å²) in [6.07, 6.45) is 4.01. The minimum absolute atomic E-state index is 0.802. The molecule has 0 aliphatic rings. The molecule has 0 saturated heterocycles. The summed E-state index contributed by atoms with van der Waals surface area (Å²) in [5, 5.41) is 0. The zero-order valence-electron chi connectivity index (χ0n) is 11.9. The molecule has 3 heteroatoms. The number of benzene rings is 2. The normalized spacial score (nSPS) is 10.6. The fourth-order valence-electron chi connectivity index (χ4n) is 1.90. The fraction of sp³-hybridized carbons (Fsp3) is 0.176. The molecule has 20 heavy (non-hydrogen) atoms. The number of methoxy groups -OCH3 is 3. The number of hydrogen-bond acceptors (Lipinski definition) is 3. The molecule has 0 unspecified atom stereocenters. The minimum atomic E-state index is 0.802. The summed E-state index contributed by atoms with van der Waals surface area (Å²) in [6, 6.07) is 13.6. The zero-order valence-corrected chi connectivity index (χ0v) is 11.9. The average molecular weight is 270 g/mol. The van der Waals surface area contributed by atoms with Gasteiger partial charge < -0.3 is 14.2 Å². The molecule has 104 valence electrons. The quantitative estimate of drug-likeness (QED) is 0.772. The van der Waals surface area contributed by atoms with E-state index in [0.717, 1.165) is 28.4 Å². The molecule has 0 aromatic heterocycles. The van der Waals surface area contributed by atoms with Gasteiger partial charge in [-0.25, -0.2) is 0 Å². The van der Waals surface area contributed by atoms with Crippen molar-refractivity contribution in [1.29, 1.82) is 0 Å². The molecule has 0 bridgehead atoms. The number of rotatable bonds is 5. The lowest BCUT2D eigenvalue weighted by molar-refractivity contribution is 0.402. The maximum absolute atomic E-state index is 5.35. The third-order valence-electron chi connectivity index (χ3n) is 2.99. The largest absolute Gasteiger partial charge is 0.497 e. The molecule has 3 nitrogen and oxygen atoms in total. The van der Waals surface area contributed by atoms with Crippen LogP contribution in [0.15, 0.2) is 42.5 Å². The first-order valence-electron chi connectivity index (χ1n) is 6.31. The maximum Gasteiger partial charge on any atom is 0.126 e. The Kier molecular flexibility index (Phi) is 4.66. The van der Waals surface area contributed by atoms with Crippen molar-refractivity contribution in [3.63, 3.8) is 0 Å². The Balaban J connectivity index is 2.29. The van der Waals surface area contributed by atoms with E-state index < -0.39 is 0 Å². The highest BCUT2D eigenvalue weighted by molar-refractivity contribution is 5.73. The van der Waals surface area contributed by atoms with Crippen LogP contribution in [-0.4, -0.2) is 21.3 Å². The molecule has 0 heterocycles. The smallest absolute Gasteiger partial charge is 0.126 e. The molecule has 0 aliphatic heterocycles. The topological polar surface area (TPSA) is 27.7 Å². The molecule has 0 atom stereocenters. The third kappa shape index (κ3) is 3.32. The molecular formula is C17H18O3. The van der Waals surface area contributed by atoms with Crippen molar-refractivity contribution in [3.8, 4) is 17.2 Å². The van der Waals surface area contributed by atoms with Crippen LogP contribution in [0, 0.1) is 0 Å². The minimum Gasteiger partial charge on any atom is -0.497 e. The maximum atomic E-state index is 5.35. The van der Waals surface area contributed by atoms with Gasteiger partial charge in [0.25, 0.3) is 0 Å². The van der Waals surface area contributed by atoms with E-state index >= 15 is 0 Å². The van der Waals surface area contributed by atoms with E-state index in [1.54, 1.807) is 21.3 Å². The summed E-state index contributed by atoms with van der Waals surface area (Å²) in [6.45, 7) is 0. The molecule has 0 radical (unpaired) electrons. The van der Waals surface area contributed by atoms with Crippen LogP contribution in [0.3, 0.4) is 0 Å². The summed E-state index contributed by atoms with van der Waals surface area (Å²) >= 11 is 0. The van der Waals surface area contributed by atoms with Crippen LogP contribution < -0.4 is 14.2 Å². The van der Waals surface area contributed by atoms with Gasteiger partial charge in [-0.15, -0.1) is 0 Å². The van der Waals surface area contributed by atoms with Crippen molar-refractivity contribution in [2.75, 3.05) is 21.3 Å². The highest BCUT2D eigenvalue weighted by Crippen LogP contribution is 2.26. The fourth-order valence-corrected chi connectivity index (χ4v) is 1.90. The average Bonchev–Trinajstić information content (AvgIpc) is 2.52. The number of ether oxygens (including phenoxy) is 3. The Hall–Kier alpha value is -2.42. The van der Waals surface area contributed by atoms with Gasteiger partial charge in [0.15, 0.2) is 0 Å². The van der Waals surface area contributed by atoms with Crippen molar-refractivity contribution < 1.29 is 14.2 Å². The van der Waals surface area contributed by atoms with Crippen LogP contribution in [0.25, 0.3) is 12.2 Å². The Bertz CT molecular complexity index is 603. The van der Waals surface area contributed by atoms with Gasteiger partial charge in [0.2, 0.25) is 0 Å². The first-order chi connectivity index (χ1) is 9.76. The number of hydrogen-bond donors (Lipinski definition) is 0. The van der Waals surface area contributed by atoms with E-state index in [0.29, 0.717) is 0 Å². The van der Waals surface area contributed by atoms with Crippen LogP contribution >= 0.6 is 0 Å². The van der Waals surface area contributed by atoms with E-state index in [2.05, 4.69) is 0 Å². The van der Waals surface area contributed by atoms with Crippen LogP contribution in [0.4, 0.5) is 0 Å². The summed E-state index contributed by atoms with van der Waals surface area (Å²) in [5.41, 5.74) is 2.03. The summed E-state index contributed by atoms with van der Waals surface area (Å²) in [7, 11) is 4.97. The summed E-state index contributed by atoms with van der Waals surface area (Å²) in [5.74, 6) is 2.45. The second-order valence-corrected chi connectivity index (χ2v) is 4.22. The lowest BCUT2D eigenvalue weighted by atomic mass is 10.1. The van der Waals surface area contributed by atoms with Gasteiger partial charge in [-0.2, -0.15) is 0 Å². The molecule has 0 amide bonds. The van der Waals surface area contributed by atoms with Crippen LogP contribution in [0.2, 0.25) is 0 Å². The lowest BCUT2D eigenvalue weighted by Crippen LogP contribution is -1.89. The Morgan fingerprint density at radius 1 is 0.750 bits per heavy atom. The molecule has 2 aromatic carbocycles. The Labute approximate surface area is 119 Å². The highest BCUT2D eigenvalue weighted by atomic mass is 16.5. The van der Waals surface area contributed by atoms with Crippen molar-refractivity contribution in [3.05, 3.63) is 53.6 Å². The molecule has 0 aliphatic carbocycles. The van der Waals surface area contributed by atoms with Gasteiger partial charge >= 0.3 is 0 Å².